The van der Waals surface area contributed by atoms with Gasteiger partial charge in [-0.2, -0.15) is 0 Å². The highest BCUT2D eigenvalue weighted by molar-refractivity contribution is 5.71. The van der Waals surface area contributed by atoms with Gasteiger partial charge in [-0.05, 0) is 36.8 Å². The van der Waals surface area contributed by atoms with E-state index in [1.54, 1.807) is 12.1 Å². The molecule has 0 spiro atoms. The number of hydrogen-bond donors (Lipinski definition) is 1. The Morgan fingerprint density at radius 2 is 2.16 bits per heavy atom. The van der Waals surface area contributed by atoms with Crippen LogP contribution in [-0.4, -0.2) is 18.2 Å². The number of aliphatic carboxylic acids is 1. The maximum absolute atomic E-state index is 14.1. The van der Waals surface area contributed by atoms with Crippen LogP contribution in [0.15, 0.2) is 18.2 Å². The molecule has 1 saturated carbocycles. The van der Waals surface area contributed by atoms with E-state index in [0.717, 1.165) is 12.8 Å². The third-order valence-corrected chi connectivity index (χ3v) is 4.04. The number of carbonyl (C=O) groups is 1. The summed E-state index contributed by atoms with van der Waals surface area (Å²) in [6, 6.07) is 4.68. The molecule has 0 amide bonds. The summed E-state index contributed by atoms with van der Waals surface area (Å²) in [7, 11) is 1.48. The maximum atomic E-state index is 14.1. The molecule has 2 rings (SSSR count). The SMILES string of the molecule is COc1ccc(C2CC(C)CCC2C(=O)O)c(F)c1. The highest BCUT2D eigenvalue weighted by Crippen LogP contribution is 2.42. The van der Waals surface area contributed by atoms with Crippen LogP contribution in [0.5, 0.6) is 5.75 Å². The number of ether oxygens (including phenoxy) is 1. The van der Waals surface area contributed by atoms with E-state index in [1.165, 1.54) is 13.2 Å². The topological polar surface area (TPSA) is 46.5 Å². The first kappa shape index (κ1) is 13.8. The summed E-state index contributed by atoms with van der Waals surface area (Å²) in [6.45, 7) is 2.09. The van der Waals surface area contributed by atoms with E-state index in [0.29, 0.717) is 23.7 Å². The molecule has 1 N–H and O–H groups in total. The third-order valence-electron chi connectivity index (χ3n) is 4.04. The Balaban J connectivity index is 2.33. The van der Waals surface area contributed by atoms with Gasteiger partial charge in [0.2, 0.25) is 0 Å². The van der Waals surface area contributed by atoms with Crippen molar-refractivity contribution in [2.24, 2.45) is 11.8 Å². The van der Waals surface area contributed by atoms with E-state index in [1.807, 2.05) is 0 Å². The van der Waals surface area contributed by atoms with Crippen LogP contribution in [0, 0.1) is 17.7 Å². The summed E-state index contributed by atoms with van der Waals surface area (Å²) in [4.78, 5) is 11.3. The van der Waals surface area contributed by atoms with Gasteiger partial charge < -0.3 is 9.84 Å². The Bertz CT molecular complexity index is 472. The van der Waals surface area contributed by atoms with Gasteiger partial charge in [0.1, 0.15) is 11.6 Å². The van der Waals surface area contributed by atoms with E-state index in [-0.39, 0.29) is 11.7 Å². The molecule has 1 aromatic carbocycles. The number of rotatable bonds is 3. The Labute approximate surface area is 112 Å². The molecule has 3 atom stereocenters. The van der Waals surface area contributed by atoms with E-state index < -0.39 is 11.9 Å². The second kappa shape index (κ2) is 5.59. The monoisotopic (exact) mass is 266 g/mol. The Morgan fingerprint density at radius 1 is 1.42 bits per heavy atom. The van der Waals surface area contributed by atoms with E-state index in [9.17, 15) is 14.3 Å². The summed E-state index contributed by atoms with van der Waals surface area (Å²) >= 11 is 0. The Hall–Kier alpha value is -1.58. The van der Waals surface area contributed by atoms with E-state index in [4.69, 9.17) is 4.74 Å². The highest BCUT2D eigenvalue weighted by Gasteiger charge is 2.35. The summed E-state index contributed by atoms with van der Waals surface area (Å²) in [6.07, 6.45) is 2.23. The lowest BCUT2D eigenvalue weighted by Gasteiger charge is -2.32. The van der Waals surface area contributed by atoms with E-state index in [2.05, 4.69) is 6.92 Å². The molecule has 1 fully saturated rings. The highest BCUT2D eigenvalue weighted by atomic mass is 19.1. The zero-order valence-electron chi connectivity index (χ0n) is 11.2. The molecule has 3 nitrogen and oxygen atoms in total. The predicted octanol–water partition coefficient (Wildman–Crippen LogP) is 3.44. The smallest absolute Gasteiger partial charge is 0.307 e. The molecule has 1 aliphatic carbocycles. The number of halogens is 1. The van der Waals surface area contributed by atoms with Crippen molar-refractivity contribution in [1.29, 1.82) is 0 Å². The lowest BCUT2D eigenvalue weighted by Crippen LogP contribution is -2.29. The standard InChI is InChI=1S/C15H19FO3/c1-9-3-5-12(15(17)18)13(7-9)11-6-4-10(19-2)8-14(11)16/h4,6,8-9,12-13H,3,5,7H2,1-2H3,(H,17,18). The van der Waals surface area contributed by atoms with Gasteiger partial charge in [-0.1, -0.05) is 13.0 Å². The number of hydrogen-bond acceptors (Lipinski definition) is 2. The maximum Gasteiger partial charge on any atom is 0.307 e. The molecule has 4 heteroatoms. The first-order valence-corrected chi connectivity index (χ1v) is 6.59. The van der Waals surface area contributed by atoms with Gasteiger partial charge in [0, 0.05) is 12.0 Å². The summed E-state index contributed by atoms with van der Waals surface area (Å²) in [5, 5.41) is 9.30. The van der Waals surface area contributed by atoms with E-state index >= 15 is 0 Å². The van der Waals surface area contributed by atoms with Crippen molar-refractivity contribution >= 4 is 5.97 Å². The van der Waals surface area contributed by atoms with Crippen molar-refractivity contribution in [1.82, 2.24) is 0 Å². The zero-order chi connectivity index (χ0) is 14.0. The molecule has 0 aromatic heterocycles. The number of carboxylic acid groups (broad SMARTS) is 1. The summed E-state index contributed by atoms with van der Waals surface area (Å²) in [5.74, 6) is -1.04. The average molecular weight is 266 g/mol. The Morgan fingerprint density at radius 3 is 2.74 bits per heavy atom. The summed E-state index contributed by atoms with van der Waals surface area (Å²) in [5.41, 5.74) is 0.500. The van der Waals surface area contributed by atoms with Gasteiger partial charge in [0.25, 0.3) is 0 Å². The van der Waals surface area contributed by atoms with Crippen LogP contribution < -0.4 is 4.74 Å². The predicted molar refractivity (Wildman–Crippen MR) is 69.8 cm³/mol. The second-order valence-corrected chi connectivity index (χ2v) is 5.36. The quantitative estimate of drug-likeness (QED) is 0.911. The van der Waals surface area contributed by atoms with Crippen molar-refractivity contribution in [2.45, 2.75) is 32.1 Å². The molecule has 0 heterocycles. The van der Waals surface area contributed by atoms with Gasteiger partial charge in [-0.3, -0.25) is 4.79 Å². The van der Waals surface area contributed by atoms with Crippen LogP contribution >= 0.6 is 0 Å². The molecule has 0 saturated heterocycles. The van der Waals surface area contributed by atoms with Crippen LogP contribution in [0.25, 0.3) is 0 Å². The zero-order valence-corrected chi connectivity index (χ0v) is 11.2. The molecule has 3 unspecified atom stereocenters. The fraction of sp³-hybridized carbons (Fsp3) is 0.533. The normalized spacial score (nSPS) is 27.0. The molecule has 1 aromatic rings. The lowest BCUT2D eigenvalue weighted by atomic mass is 9.71. The largest absolute Gasteiger partial charge is 0.497 e. The van der Waals surface area contributed by atoms with Gasteiger partial charge in [-0.25, -0.2) is 4.39 Å². The van der Waals surface area contributed by atoms with Crippen molar-refractivity contribution in [3.05, 3.63) is 29.6 Å². The summed E-state index contributed by atoms with van der Waals surface area (Å²) < 4.78 is 19.1. The minimum atomic E-state index is -0.827. The van der Waals surface area contributed by atoms with Crippen LogP contribution in [0.1, 0.15) is 37.7 Å². The average Bonchev–Trinajstić information content (AvgIpc) is 2.38. The number of carboxylic acids is 1. The van der Waals surface area contributed by atoms with Gasteiger partial charge in [-0.15, -0.1) is 0 Å². The van der Waals surface area contributed by atoms with Crippen molar-refractivity contribution in [3.8, 4) is 5.75 Å². The third kappa shape index (κ3) is 2.88. The van der Waals surface area contributed by atoms with Crippen LogP contribution in [0.3, 0.4) is 0 Å². The van der Waals surface area contributed by atoms with Gasteiger partial charge in [0.15, 0.2) is 0 Å². The van der Waals surface area contributed by atoms with Crippen LogP contribution in [0.2, 0.25) is 0 Å². The first-order valence-electron chi connectivity index (χ1n) is 6.59. The fourth-order valence-corrected chi connectivity index (χ4v) is 2.96. The number of methoxy groups -OCH3 is 1. The van der Waals surface area contributed by atoms with Gasteiger partial charge in [0.05, 0.1) is 13.0 Å². The van der Waals surface area contributed by atoms with Crippen LogP contribution in [0.4, 0.5) is 4.39 Å². The lowest BCUT2D eigenvalue weighted by molar-refractivity contribution is -0.143. The fourth-order valence-electron chi connectivity index (χ4n) is 2.96. The molecule has 19 heavy (non-hydrogen) atoms. The van der Waals surface area contributed by atoms with Crippen molar-refractivity contribution in [3.63, 3.8) is 0 Å². The second-order valence-electron chi connectivity index (χ2n) is 5.36. The Kier molecular flexibility index (Phi) is 4.08. The molecule has 0 bridgehead atoms. The molecule has 0 radical (unpaired) electrons. The molecule has 1 aliphatic rings. The number of benzene rings is 1. The van der Waals surface area contributed by atoms with Crippen molar-refractivity contribution < 1.29 is 19.0 Å². The molecular weight excluding hydrogens is 247 g/mol. The minimum Gasteiger partial charge on any atom is -0.497 e. The molecule has 0 aliphatic heterocycles. The van der Waals surface area contributed by atoms with Crippen molar-refractivity contribution in [2.75, 3.05) is 7.11 Å². The first-order chi connectivity index (χ1) is 9.02. The minimum absolute atomic E-state index is 0.243. The van der Waals surface area contributed by atoms with Gasteiger partial charge >= 0.3 is 5.97 Å². The molecule has 104 valence electrons. The molecular formula is C15H19FO3. The van der Waals surface area contributed by atoms with Crippen LogP contribution in [-0.2, 0) is 4.79 Å².